The van der Waals surface area contributed by atoms with Gasteiger partial charge >= 0.3 is 0 Å². The molecule has 5 nitrogen and oxygen atoms in total. The van der Waals surface area contributed by atoms with Crippen molar-refractivity contribution in [1.29, 1.82) is 0 Å². The first-order valence-corrected chi connectivity index (χ1v) is 9.26. The van der Waals surface area contributed by atoms with Crippen LogP contribution in [0.5, 0.6) is 0 Å². The molecule has 6 heteroatoms. The topological polar surface area (TPSA) is 56.8 Å². The summed E-state index contributed by atoms with van der Waals surface area (Å²) in [6.07, 6.45) is 2.29. The second-order valence-corrected chi connectivity index (χ2v) is 6.97. The molecule has 136 valence electrons. The third-order valence-electron chi connectivity index (χ3n) is 5.22. The molecule has 1 aliphatic heterocycles. The van der Waals surface area contributed by atoms with Gasteiger partial charge in [0.2, 0.25) is 0 Å². The Balaban J connectivity index is 1.47. The Morgan fingerprint density at radius 1 is 1.04 bits per heavy atom. The van der Waals surface area contributed by atoms with Crippen LogP contribution in [0.1, 0.15) is 12.8 Å². The van der Waals surface area contributed by atoms with Crippen LogP contribution in [-0.2, 0) is 0 Å². The number of fused-ring (bicyclic) bond motifs is 2. The number of rotatable bonds is 3. The van der Waals surface area contributed by atoms with E-state index in [1.54, 1.807) is 6.20 Å². The molecule has 3 heterocycles. The third-order valence-corrected chi connectivity index (χ3v) is 5.22. The van der Waals surface area contributed by atoms with E-state index in [1.807, 2.05) is 12.1 Å². The number of halogens is 1. The van der Waals surface area contributed by atoms with Crippen molar-refractivity contribution in [3.05, 3.63) is 54.7 Å². The zero-order valence-electron chi connectivity index (χ0n) is 14.8. The quantitative estimate of drug-likeness (QED) is 0.551. The van der Waals surface area contributed by atoms with E-state index in [0.717, 1.165) is 35.4 Å². The summed E-state index contributed by atoms with van der Waals surface area (Å²) in [5.74, 6) is 0.832. The van der Waals surface area contributed by atoms with Gasteiger partial charge in [-0.2, -0.15) is 5.10 Å². The zero-order chi connectivity index (χ0) is 18.2. The molecule has 2 aromatic carbocycles. The van der Waals surface area contributed by atoms with Crippen LogP contribution in [0.4, 0.5) is 21.6 Å². The molecule has 27 heavy (non-hydrogen) atoms. The van der Waals surface area contributed by atoms with Gasteiger partial charge in [0.25, 0.3) is 0 Å². The molecular weight excluding hydrogens is 341 g/mol. The molecule has 0 radical (unpaired) electrons. The number of hydrogen-bond acceptors (Lipinski definition) is 4. The van der Waals surface area contributed by atoms with Crippen LogP contribution in [-0.4, -0.2) is 34.4 Å². The average Bonchev–Trinajstić information content (AvgIpc) is 3.11. The second kappa shape index (κ2) is 6.54. The Morgan fingerprint density at radius 2 is 1.93 bits per heavy atom. The predicted octanol–water partition coefficient (Wildman–Crippen LogP) is 4.79. The summed E-state index contributed by atoms with van der Waals surface area (Å²) in [7, 11) is 0. The molecule has 0 aliphatic carbocycles. The smallest absolute Gasteiger partial charge is 0.183 e. The van der Waals surface area contributed by atoms with E-state index in [-0.39, 0.29) is 0 Å². The Morgan fingerprint density at radius 3 is 2.81 bits per heavy atom. The second-order valence-electron chi connectivity index (χ2n) is 6.97. The fourth-order valence-corrected chi connectivity index (χ4v) is 3.80. The highest BCUT2D eigenvalue weighted by Gasteiger charge is 2.19. The Hall–Kier alpha value is -3.15. The number of alkyl halides is 1. The van der Waals surface area contributed by atoms with Gasteiger partial charge in [0.15, 0.2) is 5.65 Å². The van der Waals surface area contributed by atoms with Crippen molar-refractivity contribution < 1.29 is 4.39 Å². The number of anilines is 3. The molecule has 1 aliphatic rings. The monoisotopic (exact) mass is 361 g/mol. The number of nitrogens with zero attached hydrogens (tertiary/aromatic N) is 3. The van der Waals surface area contributed by atoms with Crippen LogP contribution >= 0.6 is 0 Å². The van der Waals surface area contributed by atoms with Crippen molar-refractivity contribution in [3.8, 4) is 0 Å². The van der Waals surface area contributed by atoms with Crippen LogP contribution in [0, 0.1) is 0 Å². The van der Waals surface area contributed by atoms with Crippen molar-refractivity contribution in [2.75, 3.05) is 23.3 Å². The van der Waals surface area contributed by atoms with Crippen molar-refractivity contribution in [1.82, 2.24) is 15.2 Å². The molecule has 4 aromatic rings. The summed E-state index contributed by atoms with van der Waals surface area (Å²) < 4.78 is 13.5. The zero-order valence-corrected chi connectivity index (χ0v) is 14.8. The number of nitrogens with one attached hydrogen (secondary N) is 2. The van der Waals surface area contributed by atoms with Crippen LogP contribution in [0.2, 0.25) is 0 Å². The average molecular weight is 361 g/mol. The molecule has 5 rings (SSSR count). The summed E-state index contributed by atoms with van der Waals surface area (Å²) in [5.41, 5.74) is 2.86. The first-order valence-electron chi connectivity index (χ1n) is 9.26. The van der Waals surface area contributed by atoms with Crippen LogP contribution in [0.15, 0.2) is 54.7 Å². The first-order chi connectivity index (χ1) is 13.3. The molecule has 2 aromatic heterocycles. The van der Waals surface area contributed by atoms with Gasteiger partial charge in [-0.05, 0) is 48.6 Å². The lowest BCUT2D eigenvalue weighted by molar-refractivity contribution is 0.277. The minimum Gasteiger partial charge on any atom is -0.371 e. The Labute approximate surface area is 156 Å². The number of aromatic nitrogens is 3. The fraction of sp³-hybridized carbons (Fsp3) is 0.238. The lowest BCUT2D eigenvalue weighted by Crippen LogP contribution is -2.34. The molecule has 1 saturated heterocycles. The van der Waals surface area contributed by atoms with Crippen LogP contribution in [0.3, 0.4) is 0 Å². The highest BCUT2D eigenvalue weighted by molar-refractivity contribution is 5.97. The van der Waals surface area contributed by atoms with Gasteiger partial charge in [-0.25, -0.2) is 9.37 Å². The number of pyridine rings is 1. The lowest BCUT2D eigenvalue weighted by atomic mass is 10.0. The number of H-pyrrole nitrogens is 1. The maximum absolute atomic E-state index is 13.5. The van der Waals surface area contributed by atoms with Crippen LogP contribution < -0.4 is 10.2 Å². The Bertz CT molecular complexity index is 1100. The maximum atomic E-state index is 13.5. The van der Waals surface area contributed by atoms with Crippen molar-refractivity contribution >= 4 is 39.0 Å². The first kappa shape index (κ1) is 16.1. The van der Waals surface area contributed by atoms with Gasteiger partial charge in [-0.1, -0.05) is 18.2 Å². The number of hydrogen-bond donors (Lipinski definition) is 2. The molecule has 0 spiro atoms. The molecule has 1 fully saturated rings. The summed E-state index contributed by atoms with van der Waals surface area (Å²) in [6.45, 7) is 1.54. The van der Waals surface area contributed by atoms with E-state index in [9.17, 15) is 4.39 Å². The lowest BCUT2D eigenvalue weighted by Gasteiger charge is -2.31. The van der Waals surface area contributed by atoms with Crippen LogP contribution in [0.25, 0.3) is 21.8 Å². The van der Waals surface area contributed by atoms with E-state index < -0.39 is 6.17 Å². The van der Waals surface area contributed by atoms with Gasteiger partial charge < -0.3 is 10.2 Å². The number of aromatic amines is 1. The highest BCUT2D eigenvalue weighted by Crippen LogP contribution is 2.32. The predicted molar refractivity (Wildman–Crippen MR) is 107 cm³/mol. The highest BCUT2D eigenvalue weighted by atomic mass is 19.1. The molecule has 0 atom stereocenters. The van der Waals surface area contributed by atoms with Gasteiger partial charge in [0, 0.05) is 36.0 Å². The van der Waals surface area contributed by atoms with Gasteiger partial charge in [0.1, 0.15) is 12.0 Å². The van der Waals surface area contributed by atoms with E-state index in [4.69, 9.17) is 0 Å². The van der Waals surface area contributed by atoms with Crippen molar-refractivity contribution in [2.24, 2.45) is 0 Å². The van der Waals surface area contributed by atoms with Gasteiger partial charge in [-0.15, -0.1) is 0 Å². The fourth-order valence-electron chi connectivity index (χ4n) is 3.80. The third kappa shape index (κ3) is 2.97. The SMILES string of the molecule is FC1CCN(c2cccc3cc(Nc4[nH]nc5ncccc45)ccc23)CC1. The molecule has 0 unspecified atom stereocenters. The minimum absolute atomic E-state index is 0.608. The van der Waals surface area contributed by atoms with E-state index in [1.165, 1.54) is 11.1 Å². The molecule has 0 saturated carbocycles. The minimum atomic E-state index is -0.661. The molecule has 0 amide bonds. The summed E-state index contributed by atoms with van der Waals surface area (Å²) in [4.78, 5) is 6.54. The van der Waals surface area contributed by atoms with E-state index in [0.29, 0.717) is 18.5 Å². The largest absolute Gasteiger partial charge is 0.371 e. The van der Waals surface area contributed by atoms with Gasteiger partial charge in [-0.3, -0.25) is 5.10 Å². The van der Waals surface area contributed by atoms with E-state index in [2.05, 4.69) is 61.8 Å². The summed E-state index contributed by atoms with van der Waals surface area (Å²) in [5, 5.41) is 13.9. The molecule has 0 bridgehead atoms. The summed E-state index contributed by atoms with van der Waals surface area (Å²) in [6, 6.07) is 16.5. The Kier molecular flexibility index (Phi) is 3.89. The van der Waals surface area contributed by atoms with Crippen molar-refractivity contribution in [2.45, 2.75) is 19.0 Å². The van der Waals surface area contributed by atoms with Gasteiger partial charge in [0.05, 0.1) is 5.39 Å². The van der Waals surface area contributed by atoms with Crippen molar-refractivity contribution in [3.63, 3.8) is 0 Å². The standard InChI is InChI=1S/C21H20FN5/c22-15-8-11-27(12-9-15)19-5-1-3-14-13-16(6-7-17(14)19)24-21-18-4-2-10-23-20(18)25-26-21/h1-7,10,13,15H,8-9,11-12H2,(H2,23,24,25,26). The molecule has 2 N–H and O–H groups in total. The number of piperidine rings is 1. The maximum Gasteiger partial charge on any atom is 0.183 e. The molecular formula is C21H20FN5. The summed E-state index contributed by atoms with van der Waals surface area (Å²) >= 11 is 0. The number of benzene rings is 2. The normalized spacial score (nSPS) is 15.5. The van der Waals surface area contributed by atoms with E-state index >= 15 is 0 Å².